The fourth-order valence-corrected chi connectivity index (χ4v) is 9.75. The van der Waals surface area contributed by atoms with Crippen LogP contribution in [0.1, 0.15) is 54.7 Å². The molecule has 0 spiro atoms. The van der Waals surface area contributed by atoms with Crippen molar-refractivity contribution in [3.63, 3.8) is 0 Å². The van der Waals surface area contributed by atoms with Gasteiger partial charge in [0.15, 0.2) is 5.75 Å². The molecule has 0 unspecified atom stereocenters. The molecule has 0 saturated heterocycles. The summed E-state index contributed by atoms with van der Waals surface area (Å²) in [5.41, 5.74) is 0.398. The van der Waals surface area contributed by atoms with Gasteiger partial charge < -0.3 is 30.1 Å². The summed E-state index contributed by atoms with van der Waals surface area (Å²) in [5, 5.41) is 59.4. The third-order valence-corrected chi connectivity index (χ3v) is 13.9. The van der Waals surface area contributed by atoms with Gasteiger partial charge in [0.05, 0.1) is 30.2 Å². The molecule has 18 nitrogen and oxygen atoms in total. The molecule has 23 heteroatoms. The molecule has 8 rings (SSSR count). The third kappa shape index (κ3) is 13.8. The van der Waals surface area contributed by atoms with E-state index in [9.17, 15) is 46.1 Å². The summed E-state index contributed by atoms with van der Waals surface area (Å²) in [6.45, 7) is 7.85. The number of azo groups is 2. The van der Waals surface area contributed by atoms with Gasteiger partial charge in [-0.25, -0.2) is 0 Å². The van der Waals surface area contributed by atoms with Crippen molar-refractivity contribution >= 4 is 160 Å². The zero-order valence-electron chi connectivity index (χ0n) is 41.6. The van der Waals surface area contributed by atoms with Crippen LogP contribution in [0.5, 0.6) is 23.0 Å². The Morgan fingerprint density at radius 2 is 1.04 bits per heavy atom. The van der Waals surface area contributed by atoms with E-state index in [-0.39, 0.29) is 105 Å². The van der Waals surface area contributed by atoms with Crippen molar-refractivity contribution in [2.75, 3.05) is 18.5 Å². The molecule has 0 bridgehead atoms. The van der Waals surface area contributed by atoms with Crippen molar-refractivity contribution < 1.29 is 55.5 Å². The second-order valence-electron chi connectivity index (χ2n) is 16.2. The van der Waals surface area contributed by atoms with E-state index in [1.54, 1.807) is 118 Å². The molecule has 4 N–H and O–H groups in total. The molecule has 0 heterocycles. The molecule has 0 aliphatic heterocycles. The Balaban J connectivity index is 0.000000246. The van der Waals surface area contributed by atoms with Crippen LogP contribution in [0, 0.1) is 0 Å². The van der Waals surface area contributed by atoms with E-state index >= 15 is 0 Å². The molecular weight excluding hydrogens is 1200 g/mol. The predicted octanol–water partition coefficient (Wildman–Crippen LogP) is 12.3. The number of nitrogens with zero attached hydrogens (tertiary/aromatic N) is 5. The van der Waals surface area contributed by atoms with Crippen LogP contribution < -0.4 is 25.0 Å². The molecule has 77 heavy (non-hydrogen) atoms. The van der Waals surface area contributed by atoms with Gasteiger partial charge in [0, 0.05) is 20.8 Å². The van der Waals surface area contributed by atoms with E-state index in [2.05, 4.69) is 30.8 Å². The number of phenolic OH excluding ortho intramolecular Hbond substituents is 1. The maximum Gasteiger partial charge on any atom is 2.00 e. The van der Waals surface area contributed by atoms with E-state index in [1.165, 1.54) is 24.3 Å². The zero-order valence-corrected chi connectivity index (χ0v) is 49.1. The molecule has 1 amide bonds. The van der Waals surface area contributed by atoms with Gasteiger partial charge >= 0.3 is 48.9 Å². The molecule has 392 valence electrons. The van der Waals surface area contributed by atoms with E-state index in [0.717, 1.165) is 12.1 Å². The number of halogens is 2. The van der Waals surface area contributed by atoms with Gasteiger partial charge in [0.2, 0.25) is 0 Å². The molecule has 0 aromatic heterocycles. The topological polar surface area (TPSA) is 284 Å². The molecule has 0 radical (unpaired) electrons. The first-order valence-electron chi connectivity index (χ1n) is 23.2. The van der Waals surface area contributed by atoms with E-state index in [4.69, 9.17) is 32.7 Å². The monoisotopic (exact) mass is 1240 g/mol. The van der Waals surface area contributed by atoms with Gasteiger partial charge in [-0.1, -0.05) is 116 Å². The number of anilines is 1. The van der Waals surface area contributed by atoms with Crippen molar-refractivity contribution in [1.82, 2.24) is 0 Å². The second kappa shape index (κ2) is 26.3. The first-order valence-corrected chi connectivity index (χ1v) is 26.8. The van der Waals surface area contributed by atoms with Crippen molar-refractivity contribution in [2.24, 2.45) is 25.4 Å². The molecule has 8 aromatic rings. The molecule has 0 aliphatic carbocycles. The van der Waals surface area contributed by atoms with Crippen LogP contribution in [0.25, 0.3) is 21.5 Å². The number of hydrogen-bond donors (Lipinski definition) is 4. The Hall–Kier alpha value is -6.41. The SMILES string of the molecule is CCOc1ccccc1N=C([O-])c1cc2ccccc2c(N=Nc2c(S(=O)(=O)O)ccc(Cl)c2CC)c1[O-].CCOc1ccccc1NC(=O)c1cc2ccccc2c(N=Nc2c(S(=O)(=O)O)ccc(Cl)c2CC)c1O.[Ba+2]. The van der Waals surface area contributed by atoms with Gasteiger partial charge in [-0.15, -0.1) is 15.3 Å². The number of amides is 1. The van der Waals surface area contributed by atoms with Gasteiger partial charge in [0.25, 0.3) is 26.1 Å². The van der Waals surface area contributed by atoms with Gasteiger partial charge in [-0.3, -0.25) is 18.9 Å². The minimum atomic E-state index is -4.68. The summed E-state index contributed by atoms with van der Waals surface area (Å²) in [4.78, 5) is 16.4. The van der Waals surface area contributed by atoms with Crippen molar-refractivity contribution in [1.29, 1.82) is 0 Å². The molecular formula is C54H46BaCl2N6O12S2. The number of para-hydroxylation sites is 4. The minimum Gasteiger partial charge on any atom is -0.871 e. The Kier molecular flexibility index (Phi) is 20.4. The number of benzene rings is 8. The Bertz CT molecular complexity index is 3860. The largest absolute Gasteiger partial charge is 2.00 e. The fraction of sp³-hybridized carbons (Fsp3) is 0.148. The fourth-order valence-electron chi connectivity index (χ4n) is 7.89. The molecule has 8 aromatic carbocycles. The molecule has 0 saturated carbocycles. The Morgan fingerprint density at radius 1 is 0.597 bits per heavy atom. The summed E-state index contributed by atoms with van der Waals surface area (Å²) in [6.07, 6.45) is 0.573. The van der Waals surface area contributed by atoms with E-state index < -0.39 is 53.3 Å². The number of aromatic hydroxyl groups is 1. The quantitative estimate of drug-likeness (QED) is 0.0231. The van der Waals surface area contributed by atoms with Crippen LogP contribution >= 0.6 is 23.2 Å². The second-order valence-corrected chi connectivity index (χ2v) is 19.8. The summed E-state index contributed by atoms with van der Waals surface area (Å²) in [6, 6.07) is 35.1. The first-order chi connectivity index (χ1) is 36.3. The van der Waals surface area contributed by atoms with Crippen molar-refractivity contribution in [3.05, 3.63) is 166 Å². The number of aliphatic imine (C=N–C) groups is 1. The summed E-state index contributed by atoms with van der Waals surface area (Å²) < 4.78 is 78.6. The van der Waals surface area contributed by atoms with Crippen LogP contribution in [0.2, 0.25) is 10.0 Å². The number of nitrogens with one attached hydrogen (secondary N) is 1. The standard InChI is InChI=1S/2C27H24ClN3O6S.Ba/c2*1-3-17-20(28)13-14-23(38(34,35)36)24(17)30-31-25-18-10-6-5-9-16(18)15-19(26(25)32)27(33)29-21-11-7-8-12-22(21)37-4-2;/h2*5-15,32H,3-4H2,1-2H3,(H,29,33)(H,34,35,36);/q;;+2/p-2. The summed E-state index contributed by atoms with van der Waals surface area (Å²) in [7, 11) is -9.33. The number of carbonyl (C=O) groups is 1. The average molecular weight is 1240 g/mol. The molecule has 0 fully saturated rings. The Morgan fingerprint density at radius 3 is 1.57 bits per heavy atom. The average Bonchev–Trinajstić information content (AvgIpc) is 3.40. The number of rotatable bonds is 16. The zero-order chi connectivity index (χ0) is 54.9. The summed E-state index contributed by atoms with van der Waals surface area (Å²) >= 11 is 12.5. The normalized spacial score (nSPS) is 11.9. The molecule has 0 aliphatic rings. The maximum atomic E-state index is 13.5. The van der Waals surface area contributed by atoms with Crippen LogP contribution in [0.3, 0.4) is 0 Å². The smallest absolute Gasteiger partial charge is 0.871 e. The van der Waals surface area contributed by atoms with Crippen LogP contribution in [-0.4, -0.2) is 105 Å². The summed E-state index contributed by atoms with van der Waals surface area (Å²) in [5.74, 6) is -1.78. The van der Waals surface area contributed by atoms with Crippen LogP contribution in [-0.2, 0) is 33.1 Å². The van der Waals surface area contributed by atoms with Crippen LogP contribution in [0.15, 0.2) is 169 Å². The third-order valence-electron chi connectivity index (χ3n) is 11.4. The van der Waals surface area contributed by atoms with E-state index in [1.807, 2.05) is 6.92 Å². The van der Waals surface area contributed by atoms with Gasteiger partial charge in [0.1, 0.15) is 44.0 Å². The van der Waals surface area contributed by atoms with Gasteiger partial charge in [-0.2, -0.15) is 21.9 Å². The van der Waals surface area contributed by atoms with Crippen molar-refractivity contribution in [3.8, 4) is 23.0 Å². The number of phenols is 1. The number of fused-ring (bicyclic) bond motifs is 2. The number of ether oxygens (including phenoxy) is 2. The number of hydrogen-bond acceptors (Lipinski definition) is 15. The number of carbonyl (C=O) groups excluding carboxylic acids is 1. The Labute approximate surface area is 493 Å². The predicted molar refractivity (Wildman–Crippen MR) is 294 cm³/mol. The van der Waals surface area contributed by atoms with Gasteiger partial charge in [-0.05, 0) is 121 Å². The van der Waals surface area contributed by atoms with Crippen LogP contribution in [0.4, 0.5) is 34.1 Å². The minimum absolute atomic E-state index is 0. The van der Waals surface area contributed by atoms with E-state index in [0.29, 0.717) is 69.5 Å². The maximum absolute atomic E-state index is 13.5. The first kappa shape index (κ1) is 59.8. The molecule has 0 atom stereocenters. The van der Waals surface area contributed by atoms with Crippen molar-refractivity contribution in [2.45, 2.75) is 50.3 Å².